The van der Waals surface area contributed by atoms with E-state index in [-0.39, 0.29) is 12.4 Å². The normalized spacial score (nSPS) is 16.3. The number of nitrogens with zero attached hydrogens (tertiary/aromatic N) is 1. The second-order valence-electron chi connectivity index (χ2n) is 2.65. The van der Waals surface area contributed by atoms with Crippen molar-refractivity contribution in [1.29, 1.82) is 0 Å². The van der Waals surface area contributed by atoms with Crippen molar-refractivity contribution in [3.05, 3.63) is 24.4 Å². The Morgan fingerprint density at radius 1 is 1.14 bits per heavy atom. The topological polar surface area (TPSA) is 12.4 Å². The summed E-state index contributed by atoms with van der Waals surface area (Å²) in [5.41, 5.74) is 0. The first-order valence-electron chi connectivity index (χ1n) is 4.39. The molecule has 0 aromatic heterocycles. The van der Waals surface area contributed by atoms with E-state index in [1.807, 2.05) is 0 Å². The summed E-state index contributed by atoms with van der Waals surface area (Å²) in [7, 11) is 0. The van der Waals surface area contributed by atoms with E-state index in [1.165, 1.54) is 31.2 Å². The first-order chi connectivity index (χ1) is 6.12. The lowest BCUT2D eigenvalue weighted by molar-refractivity contribution is 0.140. The molecule has 0 saturated carbocycles. The van der Waals surface area contributed by atoms with Crippen molar-refractivity contribution in [2.45, 2.75) is 32.6 Å². The Hall–Kier alpha value is -0.700. The summed E-state index contributed by atoms with van der Waals surface area (Å²) in [5, 5.41) is 0. The predicted octanol–water partition coefficient (Wildman–Crippen LogP) is 4.00. The van der Waals surface area contributed by atoms with Gasteiger partial charge in [0.05, 0.1) is 6.21 Å². The lowest BCUT2D eigenvalue weighted by atomic mass is 10.3. The van der Waals surface area contributed by atoms with Crippen molar-refractivity contribution in [2.75, 3.05) is 0 Å². The number of hydrogen-bond donors (Lipinski definition) is 0. The first-order valence-corrected chi connectivity index (χ1v) is 4.39. The highest BCUT2D eigenvalue weighted by molar-refractivity contribution is 5.85. The molecule has 1 aliphatic heterocycles. The molecule has 1 heterocycles. The van der Waals surface area contributed by atoms with E-state index in [2.05, 4.69) is 18.8 Å². The minimum absolute atomic E-state index is 0. The molecule has 0 unspecified atom stereocenters. The van der Waals surface area contributed by atoms with Gasteiger partial charge < -0.3 is 0 Å². The molecule has 0 amide bonds. The van der Waals surface area contributed by atoms with Crippen molar-refractivity contribution in [3.8, 4) is 0 Å². The summed E-state index contributed by atoms with van der Waals surface area (Å²) in [6.45, 7) is 4.36. The molecule has 0 aromatic rings. The summed E-state index contributed by atoms with van der Waals surface area (Å²) in [5.74, 6) is -2.87. The van der Waals surface area contributed by atoms with Gasteiger partial charge in [0, 0.05) is 6.20 Å². The molecule has 0 N–H and O–H groups in total. The van der Waals surface area contributed by atoms with Gasteiger partial charge in [-0.2, -0.15) is 8.78 Å². The van der Waals surface area contributed by atoms with Crippen molar-refractivity contribution >= 4 is 18.6 Å². The van der Waals surface area contributed by atoms with Gasteiger partial charge in [-0.15, -0.1) is 12.4 Å². The number of rotatable bonds is 1. The van der Waals surface area contributed by atoms with Gasteiger partial charge in [-0.05, 0) is 12.2 Å². The molecule has 0 aliphatic carbocycles. The third-order valence-electron chi connectivity index (χ3n) is 1.35. The van der Waals surface area contributed by atoms with Crippen LogP contribution in [-0.4, -0.2) is 12.1 Å². The molecule has 0 radical (unpaired) electrons. The number of allylic oxidation sites excluding steroid dienone is 3. The number of alkyl halides is 2. The van der Waals surface area contributed by atoms with Crippen LogP contribution in [0.15, 0.2) is 29.4 Å². The molecule has 0 fully saturated rings. The predicted molar refractivity (Wildman–Crippen MR) is 59.5 cm³/mol. The molecule has 0 atom stereocenters. The second-order valence-corrected chi connectivity index (χ2v) is 2.65. The minimum Gasteiger partial charge on any atom is -0.262 e. The lowest BCUT2D eigenvalue weighted by Crippen LogP contribution is -2.12. The number of halogens is 3. The SMILES string of the molecule is CCCC.Cl.FC1(F)C=CC=CN=C1. The van der Waals surface area contributed by atoms with Crippen LogP contribution in [0.2, 0.25) is 0 Å². The molecule has 1 rings (SSSR count). The third-order valence-corrected chi connectivity index (χ3v) is 1.35. The lowest BCUT2D eigenvalue weighted by Gasteiger charge is -1.99. The third kappa shape index (κ3) is 9.39. The van der Waals surface area contributed by atoms with Crippen LogP contribution in [0, 0.1) is 0 Å². The summed E-state index contributed by atoms with van der Waals surface area (Å²) in [6, 6.07) is 0. The molecular formula is C10H16ClF2N. The van der Waals surface area contributed by atoms with Crippen LogP contribution in [-0.2, 0) is 0 Å². The Morgan fingerprint density at radius 2 is 1.71 bits per heavy atom. The molecule has 0 saturated heterocycles. The largest absolute Gasteiger partial charge is 0.301 e. The Morgan fingerprint density at radius 3 is 2.21 bits per heavy atom. The Balaban J connectivity index is 0. The first kappa shape index (κ1) is 15.8. The van der Waals surface area contributed by atoms with Gasteiger partial charge >= 0.3 is 5.92 Å². The van der Waals surface area contributed by atoms with Crippen molar-refractivity contribution in [3.63, 3.8) is 0 Å². The van der Waals surface area contributed by atoms with Gasteiger partial charge in [-0.3, -0.25) is 4.99 Å². The fraction of sp³-hybridized carbons (Fsp3) is 0.500. The van der Waals surface area contributed by atoms with E-state index in [9.17, 15) is 8.78 Å². The van der Waals surface area contributed by atoms with Crippen LogP contribution in [0.5, 0.6) is 0 Å². The zero-order chi connectivity index (χ0) is 10.2. The smallest absolute Gasteiger partial charge is 0.262 e. The molecule has 4 heteroatoms. The number of hydrogen-bond acceptors (Lipinski definition) is 1. The molecule has 1 aliphatic rings. The quantitative estimate of drug-likeness (QED) is 0.637. The van der Waals surface area contributed by atoms with Gasteiger partial charge in [-0.25, -0.2) is 0 Å². The van der Waals surface area contributed by atoms with Gasteiger partial charge in [0.15, 0.2) is 0 Å². The highest BCUT2D eigenvalue weighted by atomic mass is 35.5. The number of aliphatic imine (C=N–C) groups is 1. The summed E-state index contributed by atoms with van der Waals surface area (Å²) in [6.07, 6.45) is 8.08. The fourth-order valence-corrected chi connectivity index (χ4v) is 0.469. The second kappa shape index (κ2) is 8.88. The van der Waals surface area contributed by atoms with Crippen LogP contribution < -0.4 is 0 Å². The maximum atomic E-state index is 12.2. The highest BCUT2D eigenvalue weighted by Crippen LogP contribution is 2.13. The standard InChI is InChI=1S/C6H5F2N.C4H10.ClH/c7-6(8)3-1-2-4-9-5-6;1-3-4-2;/h1-5H;3-4H2,1-2H3;1H. The van der Waals surface area contributed by atoms with Crippen molar-refractivity contribution in [2.24, 2.45) is 4.99 Å². The zero-order valence-corrected chi connectivity index (χ0v) is 9.23. The molecule has 0 bridgehead atoms. The van der Waals surface area contributed by atoms with E-state index in [0.29, 0.717) is 6.21 Å². The number of unbranched alkanes of at least 4 members (excludes halogenated alkanes) is 1. The molecule has 0 spiro atoms. The summed E-state index contributed by atoms with van der Waals surface area (Å²) < 4.78 is 24.4. The van der Waals surface area contributed by atoms with Gasteiger partial charge in [0.2, 0.25) is 0 Å². The van der Waals surface area contributed by atoms with E-state index in [0.717, 1.165) is 6.08 Å². The monoisotopic (exact) mass is 223 g/mol. The maximum Gasteiger partial charge on any atom is 0.301 e. The Bertz CT molecular complexity index is 190. The maximum absolute atomic E-state index is 12.2. The van der Waals surface area contributed by atoms with Crippen LogP contribution in [0.3, 0.4) is 0 Å². The van der Waals surface area contributed by atoms with Gasteiger partial charge in [0.1, 0.15) is 0 Å². The molecule has 82 valence electrons. The van der Waals surface area contributed by atoms with E-state index in [1.54, 1.807) is 0 Å². The van der Waals surface area contributed by atoms with Gasteiger partial charge in [0.25, 0.3) is 0 Å². The molecule has 1 nitrogen and oxygen atoms in total. The molecular weight excluding hydrogens is 208 g/mol. The van der Waals surface area contributed by atoms with Crippen LogP contribution in [0.4, 0.5) is 8.78 Å². The van der Waals surface area contributed by atoms with E-state index < -0.39 is 5.92 Å². The van der Waals surface area contributed by atoms with Gasteiger partial charge in [-0.1, -0.05) is 32.8 Å². The molecule has 14 heavy (non-hydrogen) atoms. The zero-order valence-electron chi connectivity index (χ0n) is 8.41. The van der Waals surface area contributed by atoms with Crippen LogP contribution >= 0.6 is 12.4 Å². The van der Waals surface area contributed by atoms with Crippen molar-refractivity contribution < 1.29 is 8.78 Å². The van der Waals surface area contributed by atoms with Crippen LogP contribution in [0.1, 0.15) is 26.7 Å². The van der Waals surface area contributed by atoms with E-state index in [4.69, 9.17) is 0 Å². The average Bonchev–Trinajstić information content (AvgIpc) is 2.29. The summed E-state index contributed by atoms with van der Waals surface area (Å²) >= 11 is 0. The average molecular weight is 224 g/mol. The fourth-order valence-electron chi connectivity index (χ4n) is 0.469. The highest BCUT2D eigenvalue weighted by Gasteiger charge is 2.21. The Labute approximate surface area is 90.0 Å². The molecule has 0 aromatic carbocycles. The minimum atomic E-state index is -2.87. The van der Waals surface area contributed by atoms with Crippen molar-refractivity contribution in [1.82, 2.24) is 0 Å². The van der Waals surface area contributed by atoms with Crippen LogP contribution in [0.25, 0.3) is 0 Å². The summed E-state index contributed by atoms with van der Waals surface area (Å²) in [4.78, 5) is 3.31. The van der Waals surface area contributed by atoms with E-state index >= 15 is 0 Å². The Kier molecular flexibility index (Phi) is 9.99.